The van der Waals surface area contributed by atoms with Crippen LogP contribution in [0.2, 0.25) is 5.02 Å². The highest BCUT2D eigenvalue weighted by molar-refractivity contribution is 6.30. The second-order valence-corrected chi connectivity index (χ2v) is 5.29. The fourth-order valence-electron chi connectivity index (χ4n) is 2.11. The van der Waals surface area contributed by atoms with Crippen LogP contribution in [-0.4, -0.2) is 9.97 Å². The summed E-state index contributed by atoms with van der Waals surface area (Å²) in [5.74, 6) is 1.60. The number of hydrogen-bond acceptors (Lipinski definition) is 2. The predicted molar refractivity (Wildman–Crippen MR) is 81.3 cm³/mol. The van der Waals surface area contributed by atoms with Crippen LogP contribution in [0.4, 0.5) is 0 Å². The summed E-state index contributed by atoms with van der Waals surface area (Å²) in [5.41, 5.74) is 3.20. The molecule has 20 heavy (non-hydrogen) atoms. The number of imidazole rings is 1. The summed E-state index contributed by atoms with van der Waals surface area (Å²) in [7, 11) is 0. The van der Waals surface area contributed by atoms with Crippen molar-refractivity contribution in [2.45, 2.75) is 20.0 Å². The molecule has 0 saturated heterocycles. The van der Waals surface area contributed by atoms with E-state index in [1.54, 1.807) is 0 Å². The van der Waals surface area contributed by atoms with Crippen LogP contribution in [0.25, 0.3) is 11.0 Å². The number of aryl methyl sites for hydroxylation is 1. The van der Waals surface area contributed by atoms with Crippen LogP contribution >= 0.6 is 11.6 Å². The largest absolute Gasteiger partial charge is 0.483 e. The number of aromatic nitrogens is 2. The van der Waals surface area contributed by atoms with Crippen LogP contribution in [-0.2, 0) is 0 Å². The van der Waals surface area contributed by atoms with Crippen LogP contribution in [0.15, 0.2) is 42.5 Å². The molecule has 0 bridgehead atoms. The fourth-order valence-corrected chi connectivity index (χ4v) is 2.23. The van der Waals surface area contributed by atoms with E-state index >= 15 is 0 Å². The highest BCUT2D eigenvalue weighted by atomic mass is 35.5. The number of hydrogen-bond donors (Lipinski definition) is 1. The topological polar surface area (TPSA) is 37.9 Å². The molecular formula is C16H15ClN2O. The zero-order chi connectivity index (χ0) is 14.1. The molecule has 0 amide bonds. The summed E-state index contributed by atoms with van der Waals surface area (Å²) < 4.78 is 5.86. The quantitative estimate of drug-likeness (QED) is 0.760. The maximum Gasteiger partial charge on any atom is 0.153 e. The van der Waals surface area contributed by atoms with Gasteiger partial charge in [0.2, 0.25) is 0 Å². The van der Waals surface area contributed by atoms with Crippen LogP contribution in [0, 0.1) is 6.92 Å². The second-order valence-electron chi connectivity index (χ2n) is 4.86. The first-order valence-electron chi connectivity index (χ1n) is 6.50. The third kappa shape index (κ3) is 2.63. The molecule has 1 heterocycles. The first-order valence-corrected chi connectivity index (χ1v) is 6.88. The molecule has 0 spiro atoms. The van der Waals surface area contributed by atoms with E-state index in [1.165, 1.54) is 5.56 Å². The van der Waals surface area contributed by atoms with Crippen molar-refractivity contribution in [3.8, 4) is 5.75 Å². The van der Waals surface area contributed by atoms with E-state index in [4.69, 9.17) is 16.3 Å². The molecular weight excluding hydrogens is 272 g/mol. The number of fused-ring (bicyclic) bond motifs is 1. The molecule has 3 rings (SSSR count). The number of benzene rings is 2. The van der Waals surface area contributed by atoms with Gasteiger partial charge in [0.25, 0.3) is 0 Å². The summed E-state index contributed by atoms with van der Waals surface area (Å²) in [4.78, 5) is 7.87. The number of H-pyrrole nitrogens is 1. The maximum atomic E-state index is 5.86. The molecule has 1 aromatic heterocycles. The average Bonchev–Trinajstić information content (AvgIpc) is 2.84. The number of rotatable bonds is 3. The number of nitrogens with zero attached hydrogens (tertiary/aromatic N) is 1. The normalized spacial score (nSPS) is 12.6. The standard InChI is InChI=1S/C16H15ClN2O/c1-10-3-8-14-15(9-10)19-16(18-14)11(2)20-13-6-4-12(17)5-7-13/h3-9,11H,1-2H3,(H,18,19)/t11-/m0/s1. The maximum absolute atomic E-state index is 5.86. The SMILES string of the molecule is Cc1ccc2nc([C@H](C)Oc3ccc(Cl)cc3)[nH]c2c1. The van der Waals surface area contributed by atoms with E-state index in [0.29, 0.717) is 5.02 Å². The molecule has 4 heteroatoms. The lowest BCUT2D eigenvalue weighted by Crippen LogP contribution is -2.04. The average molecular weight is 287 g/mol. The molecule has 102 valence electrons. The number of nitrogens with one attached hydrogen (secondary N) is 1. The number of ether oxygens (including phenoxy) is 1. The van der Waals surface area contributed by atoms with Crippen molar-refractivity contribution in [3.05, 3.63) is 58.9 Å². The Bertz CT molecular complexity index is 734. The summed E-state index contributed by atoms with van der Waals surface area (Å²) in [6.45, 7) is 4.03. The molecule has 0 aliphatic heterocycles. The van der Waals surface area contributed by atoms with Crippen molar-refractivity contribution in [3.63, 3.8) is 0 Å². The van der Waals surface area contributed by atoms with E-state index in [2.05, 4.69) is 29.0 Å². The Labute approximate surface area is 122 Å². The molecule has 0 aliphatic carbocycles. The van der Waals surface area contributed by atoms with Gasteiger partial charge in [-0.05, 0) is 55.8 Å². The molecule has 2 aromatic carbocycles. The summed E-state index contributed by atoms with van der Waals surface area (Å²) in [6.07, 6.45) is -0.149. The van der Waals surface area contributed by atoms with Gasteiger partial charge in [-0.25, -0.2) is 4.98 Å². The molecule has 1 atom stereocenters. The van der Waals surface area contributed by atoms with Gasteiger partial charge in [-0.2, -0.15) is 0 Å². The van der Waals surface area contributed by atoms with Crippen molar-refractivity contribution >= 4 is 22.6 Å². The minimum Gasteiger partial charge on any atom is -0.483 e. The lowest BCUT2D eigenvalue weighted by atomic mass is 10.2. The zero-order valence-corrected chi connectivity index (χ0v) is 12.1. The Morgan fingerprint density at radius 1 is 1.15 bits per heavy atom. The van der Waals surface area contributed by atoms with Crippen molar-refractivity contribution in [2.24, 2.45) is 0 Å². The van der Waals surface area contributed by atoms with E-state index in [-0.39, 0.29) is 6.10 Å². The summed E-state index contributed by atoms with van der Waals surface area (Å²) >= 11 is 5.86. The van der Waals surface area contributed by atoms with E-state index < -0.39 is 0 Å². The monoisotopic (exact) mass is 286 g/mol. The Hall–Kier alpha value is -2.00. The van der Waals surface area contributed by atoms with Gasteiger partial charge in [-0.1, -0.05) is 17.7 Å². The Morgan fingerprint density at radius 2 is 1.90 bits per heavy atom. The summed E-state index contributed by atoms with van der Waals surface area (Å²) in [6, 6.07) is 13.5. The van der Waals surface area contributed by atoms with Crippen molar-refractivity contribution in [1.82, 2.24) is 9.97 Å². The first kappa shape index (κ1) is 13.0. The van der Waals surface area contributed by atoms with Crippen LogP contribution in [0.1, 0.15) is 24.4 Å². The first-order chi connectivity index (χ1) is 9.61. The molecule has 1 N–H and O–H groups in total. The van der Waals surface area contributed by atoms with Gasteiger partial charge >= 0.3 is 0 Å². The van der Waals surface area contributed by atoms with Crippen LogP contribution in [0.5, 0.6) is 5.75 Å². The Morgan fingerprint density at radius 3 is 2.65 bits per heavy atom. The predicted octanol–water partition coefficient (Wildman–Crippen LogP) is 4.66. The smallest absolute Gasteiger partial charge is 0.153 e. The second kappa shape index (κ2) is 5.17. The minimum atomic E-state index is -0.149. The summed E-state index contributed by atoms with van der Waals surface area (Å²) in [5, 5.41) is 0.698. The lowest BCUT2D eigenvalue weighted by Gasteiger charge is -2.12. The van der Waals surface area contributed by atoms with Gasteiger partial charge in [0.1, 0.15) is 11.6 Å². The van der Waals surface area contributed by atoms with Gasteiger partial charge in [0.15, 0.2) is 6.10 Å². The zero-order valence-electron chi connectivity index (χ0n) is 11.4. The highest BCUT2D eigenvalue weighted by Gasteiger charge is 2.12. The Balaban J connectivity index is 1.84. The molecule has 3 aromatic rings. The van der Waals surface area contributed by atoms with Crippen molar-refractivity contribution in [1.29, 1.82) is 0 Å². The fraction of sp³-hybridized carbons (Fsp3) is 0.188. The molecule has 0 radical (unpaired) electrons. The molecule has 0 fully saturated rings. The third-order valence-electron chi connectivity index (χ3n) is 3.17. The van der Waals surface area contributed by atoms with Crippen LogP contribution in [0.3, 0.4) is 0 Å². The molecule has 0 saturated carbocycles. The molecule has 0 aliphatic rings. The van der Waals surface area contributed by atoms with E-state index in [9.17, 15) is 0 Å². The lowest BCUT2D eigenvalue weighted by molar-refractivity contribution is 0.218. The third-order valence-corrected chi connectivity index (χ3v) is 3.42. The van der Waals surface area contributed by atoms with Gasteiger partial charge in [0, 0.05) is 5.02 Å². The molecule has 3 nitrogen and oxygen atoms in total. The number of halogens is 1. The Kier molecular flexibility index (Phi) is 3.36. The van der Waals surface area contributed by atoms with Gasteiger partial charge < -0.3 is 9.72 Å². The van der Waals surface area contributed by atoms with E-state index in [1.807, 2.05) is 37.3 Å². The highest BCUT2D eigenvalue weighted by Crippen LogP contribution is 2.23. The van der Waals surface area contributed by atoms with E-state index in [0.717, 1.165) is 22.6 Å². The van der Waals surface area contributed by atoms with Gasteiger partial charge in [-0.15, -0.1) is 0 Å². The number of aromatic amines is 1. The van der Waals surface area contributed by atoms with Gasteiger partial charge in [0.05, 0.1) is 11.0 Å². The van der Waals surface area contributed by atoms with Crippen LogP contribution < -0.4 is 4.74 Å². The van der Waals surface area contributed by atoms with Crippen molar-refractivity contribution in [2.75, 3.05) is 0 Å². The van der Waals surface area contributed by atoms with Crippen molar-refractivity contribution < 1.29 is 4.74 Å². The van der Waals surface area contributed by atoms with Gasteiger partial charge in [-0.3, -0.25) is 0 Å². The minimum absolute atomic E-state index is 0.149. The molecule has 0 unspecified atom stereocenters.